The first-order valence-corrected chi connectivity index (χ1v) is 8.22. The van der Waals surface area contributed by atoms with Crippen LogP contribution in [0.15, 0.2) is 16.7 Å². The van der Waals surface area contributed by atoms with E-state index in [-0.39, 0.29) is 0 Å². The van der Waals surface area contributed by atoms with Crippen LogP contribution >= 0.6 is 15.9 Å². The van der Waals surface area contributed by atoms with Gasteiger partial charge in [-0.2, -0.15) is 0 Å². The molecule has 0 radical (unpaired) electrons. The summed E-state index contributed by atoms with van der Waals surface area (Å²) in [5, 5.41) is 0.832. The number of hydrogen-bond donors (Lipinski definition) is 1. The summed E-state index contributed by atoms with van der Waals surface area (Å²) in [6, 6.07) is 1.68. The number of rotatable bonds is 4. The zero-order valence-electron chi connectivity index (χ0n) is 11.3. The molecule has 1 atom stereocenters. The second kappa shape index (κ2) is 6.00. The lowest BCUT2D eigenvalue weighted by Gasteiger charge is -2.15. The van der Waals surface area contributed by atoms with Crippen LogP contribution in [0.2, 0.25) is 0 Å². The van der Waals surface area contributed by atoms with Gasteiger partial charge in [-0.1, -0.05) is 0 Å². The van der Waals surface area contributed by atoms with Crippen LogP contribution in [0.4, 0.5) is 5.82 Å². The van der Waals surface area contributed by atoms with Crippen LogP contribution < -0.4 is 5.32 Å². The van der Waals surface area contributed by atoms with E-state index >= 15 is 0 Å². The van der Waals surface area contributed by atoms with Gasteiger partial charge in [-0.3, -0.25) is 4.79 Å². The lowest BCUT2D eigenvalue weighted by atomic mass is 10.3. The molecule has 0 saturated carbocycles. The molecular formula is C12H17BrN2O3S. The molecule has 7 heteroatoms. The Labute approximate surface area is 121 Å². The monoisotopic (exact) mass is 348 g/mol. The minimum absolute atomic E-state index is 0.344. The average molecular weight is 349 g/mol. The van der Waals surface area contributed by atoms with Gasteiger partial charge >= 0.3 is 0 Å². The Balaban J connectivity index is 2.88. The summed E-state index contributed by atoms with van der Waals surface area (Å²) in [5.41, 5.74) is 0.907. The van der Waals surface area contributed by atoms with E-state index in [9.17, 15) is 13.2 Å². The number of hydrogen-bond acceptors (Lipinski definition) is 4. The van der Waals surface area contributed by atoms with Crippen molar-refractivity contribution in [3.63, 3.8) is 0 Å². The molecule has 19 heavy (non-hydrogen) atoms. The Morgan fingerprint density at radius 2 is 1.95 bits per heavy atom. The third-order valence-corrected chi connectivity index (χ3v) is 6.16. The highest BCUT2D eigenvalue weighted by Gasteiger charge is 2.30. The summed E-state index contributed by atoms with van der Waals surface area (Å²) in [6.45, 7) is 6.36. The molecule has 0 spiro atoms. The van der Waals surface area contributed by atoms with E-state index in [1.165, 1.54) is 6.92 Å². The van der Waals surface area contributed by atoms with Crippen molar-refractivity contribution in [2.45, 2.75) is 38.2 Å². The van der Waals surface area contributed by atoms with Crippen molar-refractivity contribution in [1.29, 1.82) is 0 Å². The lowest BCUT2D eigenvalue weighted by Crippen LogP contribution is -2.36. The molecule has 1 heterocycles. The Hall–Kier alpha value is -0.950. The van der Waals surface area contributed by atoms with Gasteiger partial charge < -0.3 is 5.32 Å². The molecule has 0 unspecified atom stereocenters. The van der Waals surface area contributed by atoms with Gasteiger partial charge in [0, 0.05) is 10.7 Å². The predicted octanol–water partition coefficient (Wildman–Crippen LogP) is 2.30. The largest absolute Gasteiger partial charge is 0.310 e. The Kier molecular flexibility index (Phi) is 5.09. The number of amides is 1. The minimum atomic E-state index is -3.46. The van der Waals surface area contributed by atoms with Crippen molar-refractivity contribution in [1.82, 2.24) is 4.98 Å². The van der Waals surface area contributed by atoms with Crippen LogP contribution in [0.5, 0.6) is 0 Å². The number of carbonyl (C=O) groups excluding carboxylic acids is 1. The molecule has 1 N–H and O–H groups in total. The molecule has 0 aliphatic carbocycles. The quantitative estimate of drug-likeness (QED) is 0.905. The number of aryl methyl sites for hydroxylation is 1. The zero-order valence-corrected chi connectivity index (χ0v) is 13.7. The van der Waals surface area contributed by atoms with Gasteiger partial charge in [-0.05, 0) is 55.3 Å². The van der Waals surface area contributed by atoms with Gasteiger partial charge in [0.15, 0.2) is 9.84 Å². The second-order valence-corrected chi connectivity index (χ2v) is 8.27. The zero-order chi connectivity index (χ0) is 14.8. The molecule has 0 saturated heterocycles. The van der Waals surface area contributed by atoms with E-state index in [0.29, 0.717) is 5.82 Å². The van der Waals surface area contributed by atoms with Gasteiger partial charge in [0.1, 0.15) is 11.1 Å². The third-order valence-electron chi connectivity index (χ3n) is 2.82. The van der Waals surface area contributed by atoms with Crippen molar-refractivity contribution >= 4 is 37.5 Å². The number of aromatic nitrogens is 1. The number of pyridine rings is 1. The maximum absolute atomic E-state index is 11.9. The Bertz CT molecular complexity index is 585. The van der Waals surface area contributed by atoms with Crippen molar-refractivity contribution in [3.8, 4) is 0 Å². The van der Waals surface area contributed by atoms with Crippen molar-refractivity contribution in [2.24, 2.45) is 0 Å². The molecule has 106 valence electrons. The highest BCUT2D eigenvalue weighted by molar-refractivity contribution is 9.10. The predicted molar refractivity (Wildman–Crippen MR) is 78.8 cm³/mol. The summed E-state index contributed by atoms with van der Waals surface area (Å²) >= 11 is 3.30. The van der Waals surface area contributed by atoms with Crippen LogP contribution in [-0.2, 0) is 14.6 Å². The van der Waals surface area contributed by atoms with Crippen molar-refractivity contribution in [3.05, 3.63) is 22.3 Å². The molecule has 0 aromatic carbocycles. The van der Waals surface area contributed by atoms with Crippen molar-refractivity contribution < 1.29 is 13.2 Å². The number of sulfone groups is 1. The minimum Gasteiger partial charge on any atom is -0.310 e. The molecular weight excluding hydrogens is 332 g/mol. The number of carbonyl (C=O) groups is 1. The lowest BCUT2D eigenvalue weighted by molar-refractivity contribution is -0.115. The molecule has 0 aliphatic heterocycles. The van der Waals surface area contributed by atoms with Gasteiger partial charge in [-0.15, -0.1) is 0 Å². The molecule has 1 rings (SSSR count). The molecule has 0 fully saturated rings. The second-order valence-electron chi connectivity index (χ2n) is 4.59. The smallest absolute Gasteiger partial charge is 0.243 e. The van der Waals surface area contributed by atoms with E-state index in [4.69, 9.17) is 0 Å². The summed E-state index contributed by atoms with van der Waals surface area (Å²) in [6.07, 6.45) is 1.56. The number of nitrogens with zero attached hydrogens (tertiary/aromatic N) is 1. The normalized spacial score (nSPS) is 13.4. The first-order valence-electron chi connectivity index (χ1n) is 5.82. The van der Waals surface area contributed by atoms with E-state index in [1.807, 2.05) is 6.92 Å². The highest BCUT2D eigenvalue weighted by Crippen LogP contribution is 2.18. The molecule has 0 bridgehead atoms. The fraction of sp³-hybridized carbons (Fsp3) is 0.500. The fourth-order valence-corrected chi connectivity index (χ4v) is 2.78. The highest BCUT2D eigenvalue weighted by atomic mass is 79.9. The maximum atomic E-state index is 11.9. The summed E-state index contributed by atoms with van der Waals surface area (Å²) < 4.78 is 24.6. The summed E-state index contributed by atoms with van der Waals surface area (Å²) in [5.74, 6) is -0.223. The third kappa shape index (κ3) is 3.76. The SMILES string of the molecule is Cc1cc(NC(=O)[C@@H](C)S(=O)(=O)C(C)C)ncc1Br. The first kappa shape index (κ1) is 16.1. The molecule has 1 amide bonds. The number of anilines is 1. The van der Waals surface area contributed by atoms with Crippen LogP contribution in [-0.4, -0.2) is 29.8 Å². The van der Waals surface area contributed by atoms with E-state index < -0.39 is 26.2 Å². The maximum Gasteiger partial charge on any atom is 0.243 e. The molecule has 0 aliphatic rings. The van der Waals surface area contributed by atoms with Crippen molar-refractivity contribution in [2.75, 3.05) is 5.32 Å². The average Bonchev–Trinajstić information content (AvgIpc) is 2.32. The number of halogens is 1. The van der Waals surface area contributed by atoms with Crippen LogP contribution in [0.1, 0.15) is 26.3 Å². The molecule has 1 aromatic rings. The van der Waals surface area contributed by atoms with E-state index in [0.717, 1.165) is 10.0 Å². The van der Waals surface area contributed by atoms with Gasteiger partial charge in [-0.25, -0.2) is 13.4 Å². The Morgan fingerprint density at radius 1 is 1.37 bits per heavy atom. The van der Waals surface area contributed by atoms with Gasteiger partial charge in [0.05, 0.1) is 5.25 Å². The van der Waals surface area contributed by atoms with Crippen LogP contribution in [0.3, 0.4) is 0 Å². The fourth-order valence-electron chi connectivity index (χ4n) is 1.39. The number of nitrogens with one attached hydrogen (secondary N) is 1. The summed E-state index contributed by atoms with van der Waals surface area (Å²) in [7, 11) is -3.46. The molecule has 5 nitrogen and oxygen atoms in total. The van der Waals surface area contributed by atoms with E-state index in [2.05, 4.69) is 26.2 Å². The van der Waals surface area contributed by atoms with Crippen LogP contribution in [0.25, 0.3) is 0 Å². The standard InChI is InChI=1S/C12H17BrN2O3S/c1-7(2)19(17,18)9(4)12(16)15-11-5-8(3)10(13)6-14-11/h5-7,9H,1-4H3,(H,14,15,16)/t9-/m1/s1. The first-order chi connectivity index (χ1) is 8.66. The Morgan fingerprint density at radius 3 is 2.42 bits per heavy atom. The topological polar surface area (TPSA) is 76.1 Å². The van der Waals surface area contributed by atoms with Crippen LogP contribution in [0, 0.1) is 6.92 Å². The van der Waals surface area contributed by atoms with Gasteiger partial charge in [0.2, 0.25) is 5.91 Å². The molecule has 1 aromatic heterocycles. The van der Waals surface area contributed by atoms with Gasteiger partial charge in [0.25, 0.3) is 0 Å². The summed E-state index contributed by atoms with van der Waals surface area (Å²) in [4.78, 5) is 15.9. The van der Waals surface area contributed by atoms with E-state index in [1.54, 1.807) is 26.1 Å².